The number of carbonyl (C=O) groups is 3. The van der Waals surface area contributed by atoms with Crippen LogP contribution >= 0.6 is 0 Å². The second-order valence-electron chi connectivity index (χ2n) is 7.37. The van der Waals surface area contributed by atoms with Crippen molar-refractivity contribution in [2.45, 2.75) is 52.6 Å². The number of urea groups is 1. The molecule has 1 saturated heterocycles. The van der Waals surface area contributed by atoms with Crippen LogP contribution in [0.4, 0.5) is 4.79 Å². The Balaban J connectivity index is 1.91. The second-order valence-corrected chi connectivity index (χ2v) is 7.37. The number of carbonyl (C=O) groups excluding carboxylic acids is 3. The molecule has 0 aliphatic carbocycles. The number of para-hydroxylation sites is 1. The molecule has 2 rings (SSSR count). The largest absolute Gasteiger partial charge is 0.492 e. The van der Waals surface area contributed by atoms with Crippen molar-refractivity contribution in [1.29, 1.82) is 0 Å². The Hall–Kier alpha value is -2.61. The summed E-state index contributed by atoms with van der Waals surface area (Å²) in [5.74, 6) is -0.0110. The van der Waals surface area contributed by atoms with E-state index in [4.69, 9.17) is 4.74 Å². The van der Waals surface area contributed by atoms with Crippen LogP contribution < -0.4 is 15.4 Å². The number of benzene rings is 1. The summed E-state index contributed by atoms with van der Waals surface area (Å²) < 4.78 is 5.91. The smallest absolute Gasteiger partial charge is 0.325 e. The second kappa shape index (κ2) is 11.0. The zero-order valence-electron chi connectivity index (χ0n) is 18.5. The van der Waals surface area contributed by atoms with E-state index in [2.05, 4.69) is 29.4 Å². The van der Waals surface area contributed by atoms with Gasteiger partial charge in [0.25, 0.3) is 5.91 Å². The van der Waals surface area contributed by atoms with E-state index >= 15 is 0 Å². The molecule has 1 aliphatic heterocycles. The van der Waals surface area contributed by atoms with Gasteiger partial charge in [-0.2, -0.15) is 0 Å². The van der Waals surface area contributed by atoms with E-state index in [1.807, 2.05) is 38.1 Å². The highest BCUT2D eigenvalue weighted by atomic mass is 16.5. The van der Waals surface area contributed by atoms with Crippen molar-refractivity contribution in [3.05, 3.63) is 29.8 Å². The Morgan fingerprint density at radius 2 is 1.80 bits per heavy atom. The van der Waals surface area contributed by atoms with Gasteiger partial charge in [-0.1, -0.05) is 45.9 Å². The number of likely N-dealkylation sites (N-methyl/N-ethyl adjacent to an activating group) is 1. The Kier molecular flexibility index (Phi) is 8.65. The summed E-state index contributed by atoms with van der Waals surface area (Å²) in [5, 5.41) is 5.52. The molecular weight excluding hydrogens is 384 g/mol. The predicted molar refractivity (Wildman–Crippen MR) is 115 cm³/mol. The third-order valence-corrected chi connectivity index (χ3v) is 5.76. The monoisotopic (exact) mass is 418 g/mol. The summed E-state index contributed by atoms with van der Waals surface area (Å²) in [6.45, 7) is 11.2. The van der Waals surface area contributed by atoms with Crippen molar-refractivity contribution in [2.75, 3.05) is 32.8 Å². The molecule has 1 aliphatic rings. The number of nitrogens with one attached hydrogen (secondary N) is 2. The van der Waals surface area contributed by atoms with E-state index in [-0.39, 0.29) is 24.9 Å². The first-order valence-electron chi connectivity index (χ1n) is 10.7. The number of nitrogens with zero attached hydrogens (tertiary/aromatic N) is 2. The topological polar surface area (TPSA) is 91.0 Å². The van der Waals surface area contributed by atoms with Crippen molar-refractivity contribution in [2.24, 2.45) is 0 Å². The fraction of sp³-hybridized carbons (Fsp3) is 0.591. The average Bonchev–Trinajstić information content (AvgIpc) is 3.00. The third-order valence-electron chi connectivity index (χ3n) is 5.76. The minimum Gasteiger partial charge on any atom is -0.492 e. The van der Waals surface area contributed by atoms with Gasteiger partial charge in [-0.25, -0.2) is 4.79 Å². The molecule has 0 radical (unpaired) electrons. The van der Waals surface area contributed by atoms with Crippen LogP contribution in [0.3, 0.4) is 0 Å². The van der Waals surface area contributed by atoms with Gasteiger partial charge in [-0.3, -0.25) is 14.5 Å². The van der Waals surface area contributed by atoms with Gasteiger partial charge >= 0.3 is 6.03 Å². The lowest BCUT2D eigenvalue weighted by molar-refractivity contribution is -0.135. The maximum Gasteiger partial charge on any atom is 0.325 e. The third kappa shape index (κ3) is 5.50. The van der Waals surface area contributed by atoms with Gasteiger partial charge in [0.05, 0.1) is 0 Å². The van der Waals surface area contributed by atoms with Crippen LogP contribution in [0.15, 0.2) is 24.3 Å². The SMILES string of the molecule is CCN(CC)CCOc1ccccc1CNC(=O)CN1C(=O)NC(CC)(CC)C1=O. The van der Waals surface area contributed by atoms with E-state index < -0.39 is 11.6 Å². The van der Waals surface area contributed by atoms with Gasteiger partial charge < -0.3 is 20.3 Å². The van der Waals surface area contributed by atoms with E-state index in [1.165, 1.54) is 0 Å². The normalized spacial score (nSPS) is 15.4. The van der Waals surface area contributed by atoms with Crippen LogP contribution in [0, 0.1) is 0 Å². The average molecular weight is 419 g/mol. The maximum absolute atomic E-state index is 12.6. The fourth-order valence-corrected chi connectivity index (χ4v) is 3.56. The summed E-state index contributed by atoms with van der Waals surface area (Å²) in [5.41, 5.74) is -0.0538. The van der Waals surface area contributed by atoms with Crippen LogP contribution in [-0.4, -0.2) is 66.0 Å². The van der Waals surface area contributed by atoms with Gasteiger partial charge in [0.15, 0.2) is 0 Å². The summed E-state index contributed by atoms with van der Waals surface area (Å²) in [4.78, 5) is 40.5. The minimum atomic E-state index is -0.900. The summed E-state index contributed by atoms with van der Waals surface area (Å²) >= 11 is 0. The molecule has 0 atom stereocenters. The number of amides is 4. The molecule has 4 amide bonds. The lowest BCUT2D eigenvalue weighted by Crippen LogP contribution is -2.46. The van der Waals surface area contributed by atoms with Crippen molar-refractivity contribution >= 4 is 17.8 Å². The summed E-state index contributed by atoms with van der Waals surface area (Å²) in [6.07, 6.45) is 0.981. The molecule has 1 fully saturated rings. The van der Waals surface area contributed by atoms with Gasteiger partial charge in [0.2, 0.25) is 5.91 Å². The van der Waals surface area contributed by atoms with Gasteiger partial charge in [0, 0.05) is 18.7 Å². The minimum absolute atomic E-state index is 0.261. The van der Waals surface area contributed by atoms with E-state index in [0.717, 1.165) is 35.8 Å². The van der Waals surface area contributed by atoms with Crippen LogP contribution in [0.2, 0.25) is 0 Å². The lowest BCUT2D eigenvalue weighted by Gasteiger charge is -2.23. The van der Waals surface area contributed by atoms with E-state index in [1.54, 1.807) is 0 Å². The van der Waals surface area contributed by atoms with Crippen LogP contribution in [-0.2, 0) is 16.1 Å². The Morgan fingerprint density at radius 1 is 1.13 bits per heavy atom. The number of rotatable bonds is 12. The zero-order valence-corrected chi connectivity index (χ0v) is 18.5. The van der Waals surface area contributed by atoms with Gasteiger partial charge in [-0.15, -0.1) is 0 Å². The highest BCUT2D eigenvalue weighted by Gasteiger charge is 2.49. The van der Waals surface area contributed by atoms with Crippen LogP contribution in [0.25, 0.3) is 0 Å². The number of imide groups is 1. The molecule has 0 saturated carbocycles. The first-order chi connectivity index (χ1) is 14.4. The number of hydrogen-bond acceptors (Lipinski definition) is 5. The van der Waals surface area contributed by atoms with Gasteiger partial charge in [0.1, 0.15) is 24.4 Å². The van der Waals surface area contributed by atoms with E-state index in [9.17, 15) is 14.4 Å². The van der Waals surface area contributed by atoms with Crippen molar-refractivity contribution in [1.82, 2.24) is 20.4 Å². The van der Waals surface area contributed by atoms with Crippen LogP contribution in [0.1, 0.15) is 46.1 Å². The van der Waals surface area contributed by atoms with Crippen molar-refractivity contribution in [3.63, 3.8) is 0 Å². The van der Waals surface area contributed by atoms with Crippen molar-refractivity contribution < 1.29 is 19.1 Å². The molecule has 8 nitrogen and oxygen atoms in total. The quantitative estimate of drug-likeness (QED) is 0.508. The highest BCUT2D eigenvalue weighted by molar-refractivity contribution is 6.08. The molecule has 1 aromatic rings. The molecule has 0 unspecified atom stereocenters. The Labute approximate surface area is 178 Å². The molecule has 1 aromatic carbocycles. The molecule has 2 N–H and O–H groups in total. The summed E-state index contributed by atoms with van der Waals surface area (Å²) in [6, 6.07) is 7.02. The number of ether oxygens (including phenoxy) is 1. The first kappa shape index (κ1) is 23.7. The molecule has 0 aromatic heterocycles. The fourth-order valence-electron chi connectivity index (χ4n) is 3.56. The molecule has 8 heteroatoms. The molecule has 1 heterocycles. The standard InChI is InChI=1S/C22H34N4O4/c1-5-22(6-2)20(28)26(21(29)24-22)16-19(27)23-15-17-11-9-10-12-18(17)30-14-13-25(7-3)8-4/h9-12H,5-8,13-16H2,1-4H3,(H,23,27)(H,24,29). The zero-order chi connectivity index (χ0) is 22.1. The summed E-state index contributed by atoms with van der Waals surface area (Å²) in [7, 11) is 0. The Morgan fingerprint density at radius 3 is 2.40 bits per heavy atom. The predicted octanol–water partition coefficient (Wildman–Crippen LogP) is 2.13. The molecule has 0 spiro atoms. The maximum atomic E-state index is 12.6. The van der Waals surface area contributed by atoms with Gasteiger partial charge in [-0.05, 0) is 32.0 Å². The molecular formula is C22H34N4O4. The van der Waals surface area contributed by atoms with Crippen molar-refractivity contribution in [3.8, 4) is 5.75 Å². The van der Waals surface area contributed by atoms with E-state index in [0.29, 0.717) is 19.4 Å². The highest BCUT2D eigenvalue weighted by Crippen LogP contribution is 2.24. The lowest BCUT2D eigenvalue weighted by atomic mass is 9.93. The number of hydrogen-bond donors (Lipinski definition) is 2. The molecule has 0 bridgehead atoms. The van der Waals surface area contributed by atoms with Crippen LogP contribution in [0.5, 0.6) is 5.75 Å². The molecule has 30 heavy (non-hydrogen) atoms. The Bertz CT molecular complexity index is 744. The molecule has 166 valence electrons. The first-order valence-corrected chi connectivity index (χ1v) is 10.7.